The number of aromatic nitrogens is 2. The van der Waals surface area contributed by atoms with Gasteiger partial charge in [0.25, 0.3) is 0 Å². The van der Waals surface area contributed by atoms with Gasteiger partial charge in [-0.3, -0.25) is 19.8 Å². The zero-order valence-corrected chi connectivity index (χ0v) is 50.5. The average molecular weight is 1160 g/mol. The van der Waals surface area contributed by atoms with E-state index in [9.17, 15) is 33.1 Å². The highest BCUT2D eigenvalue weighted by molar-refractivity contribution is 5.82. The zero-order chi connectivity index (χ0) is 61.4. The standard InChI is InChI=1S/C32H43FN2O6.C20H23NO3.C12H22FNO4/c1-31(2,3)41-30(37)35(6)28(19-32(4,5)33)29(36)40-27(22-39-21-23-10-8-7-9-11-23)18-26-13-12-25(20-34-26)24-14-16-38-17-15-24;22-20(15-24-14-16-4-2-1-3-5-16)12-19-7-6-18(13-21-19)17-8-10-23-11-9-17;1-11(2,3)18-10(17)14(6)8(9(15)16)7-12(4,5)13/h7-14,20,27-28H,15-19,21-22H2,1-6H3;1-8,13,20,22H,9-12,14-15H2;8H,7H2,1-6H3,(H,15,16)/t27-,28+;20-;8-/m110/s1. The van der Waals surface area contributed by atoms with Crippen molar-refractivity contribution in [2.75, 3.05) is 53.7 Å². The fourth-order valence-corrected chi connectivity index (χ4v) is 8.34. The van der Waals surface area contributed by atoms with E-state index in [0.29, 0.717) is 51.8 Å². The number of likely N-dealkylation sites (N-methyl/N-ethyl adjacent to an activating group) is 2. The lowest BCUT2D eigenvalue weighted by Gasteiger charge is -2.32. The second-order valence-electron chi connectivity index (χ2n) is 23.7. The predicted molar refractivity (Wildman–Crippen MR) is 314 cm³/mol. The van der Waals surface area contributed by atoms with Gasteiger partial charge in [0.2, 0.25) is 0 Å². The number of rotatable bonds is 23. The van der Waals surface area contributed by atoms with Crippen LogP contribution < -0.4 is 0 Å². The summed E-state index contributed by atoms with van der Waals surface area (Å²) in [5.74, 6) is -1.99. The van der Waals surface area contributed by atoms with E-state index in [1.165, 1.54) is 52.9 Å². The molecule has 0 aliphatic carbocycles. The highest BCUT2D eigenvalue weighted by Crippen LogP contribution is 2.26. The first kappa shape index (κ1) is 68.9. The summed E-state index contributed by atoms with van der Waals surface area (Å²) in [6.45, 7) is 19.4. The van der Waals surface area contributed by atoms with E-state index < -0.39 is 71.0 Å². The lowest BCUT2D eigenvalue weighted by atomic mass is 10.00. The van der Waals surface area contributed by atoms with E-state index in [-0.39, 0.29) is 25.9 Å². The van der Waals surface area contributed by atoms with Crippen molar-refractivity contribution in [3.8, 4) is 0 Å². The predicted octanol–water partition coefficient (Wildman–Crippen LogP) is 11.4. The first-order valence-electron chi connectivity index (χ1n) is 28.0. The van der Waals surface area contributed by atoms with Crippen molar-refractivity contribution in [3.05, 3.63) is 143 Å². The normalized spacial score (nSPS) is 15.2. The number of carboxylic acid groups (broad SMARTS) is 1. The number of alkyl halides is 2. The summed E-state index contributed by atoms with van der Waals surface area (Å²) in [6, 6.07) is 25.1. The van der Waals surface area contributed by atoms with Gasteiger partial charge in [0.05, 0.1) is 59.0 Å². The van der Waals surface area contributed by atoms with E-state index in [4.69, 9.17) is 38.3 Å². The highest BCUT2D eigenvalue weighted by Gasteiger charge is 2.38. The van der Waals surface area contributed by atoms with Crippen LogP contribution in [0, 0.1) is 0 Å². The number of esters is 1. The number of benzene rings is 2. The summed E-state index contributed by atoms with van der Waals surface area (Å²) >= 11 is 0. The number of pyridine rings is 2. The van der Waals surface area contributed by atoms with Crippen molar-refractivity contribution in [3.63, 3.8) is 0 Å². The molecule has 2 aromatic carbocycles. The van der Waals surface area contributed by atoms with Crippen molar-refractivity contribution in [1.82, 2.24) is 19.8 Å². The SMILES string of the molecule is CN(C(=O)OC(C)(C)C)[C@@H](CC(C)(C)F)C(=O)O.CN(C(=O)OC(C)(C)C)[C@@H](CC(C)(C)F)C(=O)O[C@@H](COCc1ccccc1)Cc1ccc(C2=CCOCC2)cn1.O[C@@H](COCc1ccccc1)Cc1ccc(C2=CCOCC2)cn1. The summed E-state index contributed by atoms with van der Waals surface area (Å²) < 4.78 is 66.9. The molecule has 0 unspecified atom stereocenters. The third-order valence-corrected chi connectivity index (χ3v) is 12.5. The number of carbonyl (C=O) groups is 4. The topological polar surface area (TPSA) is 206 Å². The summed E-state index contributed by atoms with van der Waals surface area (Å²) in [6.07, 6.45) is 7.04. The Morgan fingerprint density at radius 1 is 0.602 bits per heavy atom. The highest BCUT2D eigenvalue weighted by atomic mass is 19.1. The van der Waals surface area contributed by atoms with Gasteiger partial charge >= 0.3 is 24.1 Å². The van der Waals surface area contributed by atoms with Gasteiger partial charge in [-0.05, 0) is 128 Å². The number of carbonyl (C=O) groups excluding carboxylic acids is 3. The van der Waals surface area contributed by atoms with Crippen molar-refractivity contribution in [2.24, 2.45) is 0 Å². The molecule has 2 aliphatic rings. The molecule has 6 rings (SSSR count). The number of hydrogen-bond donors (Lipinski definition) is 2. The smallest absolute Gasteiger partial charge is 0.410 e. The van der Waals surface area contributed by atoms with Crippen LogP contribution in [-0.4, -0.2) is 155 Å². The minimum Gasteiger partial charge on any atom is -0.480 e. The van der Waals surface area contributed by atoms with Gasteiger partial charge in [-0.25, -0.2) is 28.0 Å². The molecule has 2 aromatic heterocycles. The van der Waals surface area contributed by atoms with Gasteiger partial charge in [-0.15, -0.1) is 0 Å². The molecule has 0 bridgehead atoms. The Morgan fingerprint density at radius 3 is 1.41 bits per heavy atom. The van der Waals surface area contributed by atoms with Gasteiger partial charge < -0.3 is 43.4 Å². The van der Waals surface area contributed by atoms with Crippen LogP contribution in [0.2, 0.25) is 0 Å². The Balaban J connectivity index is 0.000000297. The Kier molecular flexibility index (Phi) is 27.4. The second-order valence-corrected chi connectivity index (χ2v) is 23.7. The number of aliphatic hydroxyl groups is 1. The molecular formula is C64H88F2N4O13. The van der Waals surface area contributed by atoms with Crippen LogP contribution in [0.1, 0.15) is 129 Å². The number of halogens is 2. The quantitative estimate of drug-likeness (QED) is 0.0523. The first-order valence-corrected chi connectivity index (χ1v) is 28.0. The first-order chi connectivity index (χ1) is 38.9. The molecule has 19 heteroatoms. The number of nitrogens with zero attached hydrogens (tertiary/aromatic N) is 4. The molecule has 2 N–H and O–H groups in total. The van der Waals surface area contributed by atoms with Crippen LogP contribution in [-0.2, 0) is 68.8 Å². The van der Waals surface area contributed by atoms with Crippen LogP contribution in [0.5, 0.6) is 0 Å². The van der Waals surface area contributed by atoms with Crippen LogP contribution in [0.3, 0.4) is 0 Å². The summed E-state index contributed by atoms with van der Waals surface area (Å²) in [4.78, 5) is 60.1. The minimum atomic E-state index is -1.74. The Bertz CT molecular complexity index is 2670. The van der Waals surface area contributed by atoms with Crippen LogP contribution >= 0.6 is 0 Å². The third kappa shape index (κ3) is 27.5. The molecular weight excluding hydrogens is 1070 g/mol. The molecule has 4 heterocycles. The van der Waals surface area contributed by atoms with E-state index in [0.717, 1.165) is 57.2 Å². The molecule has 0 radical (unpaired) electrons. The van der Waals surface area contributed by atoms with Crippen LogP contribution in [0.25, 0.3) is 11.1 Å². The van der Waals surface area contributed by atoms with Gasteiger partial charge in [0, 0.05) is 63.6 Å². The van der Waals surface area contributed by atoms with E-state index >= 15 is 0 Å². The molecule has 456 valence electrons. The van der Waals surface area contributed by atoms with E-state index in [1.54, 1.807) is 47.7 Å². The number of hydrogen-bond acceptors (Lipinski definition) is 14. The van der Waals surface area contributed by atoms with Gasteiger partial charge in [-0.1, -0.05) is 84.9 Å². The lowest BCUT2D eigenvalue weighted by Crippen LogP contribution is -2.49. The minimum absolute atomic E-state index is 0.0917. The summed E-state index contributed by atoms with van der Waals surface area (Å²) in [5.41, 5.74) is 3.38. The van der Waals surface area contributed by atoms with Crippen molar-refractivity contribution < 1.29 is 71.3 Å². The number of ether oxygens (including phenoxy) is 7. The van der Waals surface area contributed by atoms with Crippen molar-refractivity contribution >= 4 is 35.3 Å². The molecule has 2 aliphatic heterocycles. The Morgan fingerprint density at radius 2 is 1.02 bits per heavy atom. The van der Waals surface area contributed by atoms with Crippen LogP contribution in [0.4, 0.5) is 18.4 Å². The fourth-order valence-electron chi connectivity index (χ4n) is 8.34. The largest absolute Gasteiger partial charge is 0.480 e. The number of aliphatic hydroxyl groups excluding tert-OH is 1. The summed E-state index contributed by atoms with van der Waals surface area (Å²) in [7, 11) is 2.70. The molecule has 4 aromatic rings. The molecule has 83 heavy (non-hydrogen) atoms. The van der Waals surface area contributed by atoms with Gasteiger partial charge in [0.15, 0.2) is 0 Å². The molecule has 0 fully saturated rings. The van der Waals surface area contributed by atoms with Gasteiger partial charge in [0.1, 0.15) is 40.7 Å². The molecule has 0 spiro atoms. The maximum Gasteiger partial charge on any atom is 0.410 e. The average Bonchev–Trinajstić information content (AvgIpc) is 3.61. The van der Waals surface area contributed by atoms with Gasteiger partial charge in [-0.2, -0.15) is 0 Å². The van der Waals surface area contributed by atoms with E-state index in [1.807, 2.05) is 85.1 Å². The Hall–Kier alpha value is -6.64. The molecule has 17 nitrogen and oxygen atoms in total. The van der Waals surface area contributed by atoms with Crippen LogP contribution in [0.15, 0.2) is 109 Å². The number of amides is 2. The molecule has 0 saturated carbocycles. The number of aliphatic carboxylic acids is 1. The Labute approximate surface area is 489 Å². The van der Waals surface area contributed by atoms with E-state index in [2.05, 4.69) is 28.2 Å². The molecule has 2 amide bonds. The van der Waals surface area contributed by atoms with Crippen molar-refractivity contribution in [1.29, 1.82) is 0 Å². The molecule has 4 atom stereocenters. The zero-order valence-electron chi connectivity index (χ0n) is 50.5. The maximum atomic E-state index is 14.8. The summed E-state index contributed by atoms with van der Waals surface area (Å²) in [5, 5.41) is 19.1. The fraction of sp³-hybridized carbons (Fsp3) is 0.531. The second kappa shape index (κ2) is 33.0. The monoisotopic (exact) mass is 1160 g/mol. The third-order valence-electron chi connectivity index (χ3n) is 12.5. The lowest BCUT2D eigenvalue weighted by molar-refractivity contribution is -0.159. The maximum absolute atomic E-state index is 14.8. The van der Waals surface area contributed by atoms with Crippen molar-refractivity contribution in [2.45, 2.75) is 168 Å². The number of carboxylic acids is 1. The molecule has 0 saturated heterocycles.